The van der Waals surface area contributed by atoms with Gasteiger partial charge in [0.2, 0.25) is 0 Å². The Kier molecular flexibility index (Phi) is 8.47. The molecule has 1 atom stereocenters. The molecule has 0 aliphatic carbocycles. The molecule has 3 heterocycles. The minimum Gasteiger partial charge on any atom is -0.507 e. The van der Waals surface area contributed by atoms with E-state index in [1.165, 1.54) is 40.1 Å². The number of alkyl carbamates (subject to hydrolysis) is 1. The van der Waals surface area contributed by atoms with Gasteiger partial charge in [0.1, 0.15) is 27.6 Å². The number of halogens is 3. The summed E-state index contributed by atoms with van der Waals surface area (Å²) in [6, 6.07) is 3.81. The topological polar surface area (TPSA) is 130 Å². The highest BCUT2D eigenvalue weighted by Crippen LogP contribution is 2.47. The van der Waals surface area contributed by atoms with E-state index in [4.69, 9.17) is 4.74 Å². The predicted molar refractivity (Wildman–Crippen MR) is 143 cm³/mol. The summed E-state index contributed by atoms with van der Waals surface area (Å²) in [7, 11) is 0. The summed E-state index contributed by atoms with van der Waals surface area (Å²) < 4.78 is 47.9. The Labute approximate surface area is 232 Å². The number of amides is 2. The van der Waals surface area contributed by atoms with Gasteiger partial charge >= 0.3 is 12.3 Å². The number of nitrogens with zero attached hydrogens (tertiary/aromatic N) is 4. The molecule has 1 aliphatic heterocycles. The molecular formula is C26H29F3N6O4S. The normalized spacial score (nSPS) is 15.9. The monoisotopic (exact) mass is 578 g/mol. The Morgan fingerprint density at radius 3 is 2.65 bits per heavy atom. The number of ether oxygens (including phenoxy) is 1. The lowest BCUT2D eigenvalue weighted by Crippen LogP contribution is -2.43. The number of hydrogen-bond acceptors (Lipinski definition) is 9. The first kappa shape index (κ1) is 29.1. The molecule has 40 heavy (non-hydrogen) atoms. The summed E-state index contributed by atoms with van der Waals surface area (Å²) in [5.41, 5.74) is -1.72. The molecule has 1 fully saturated rings. The molecule has 2 aromatic heterocycles. The minimum atomic E-state index is -4.90. The molecule has 3 N–H and O–H groups in total. The lowest BCUT2D eigenvalue weighted by Gasteiger charge is -2.37. The van der Waals surface area contributed by atoms with Crippen LogP contribution in [0.1, 0.15) is 49.7 Å². The fraction of sp³-hybridized carbons (Fsp3) is 0.423. The van der Waals surface area contributed by atoms with Crippen LogP contribution in [0.5, 0.6) is 5.75 Å². The lowest BCUT2D eigenvalue weighted by molar-refractivity contribution is -0.138. The molecule has 14 heteroatoms. The molecule has 3 aromatic rings. The van der Waals surface area contributed by atoms with Gasteiger partial charge in [0.05, 0.1) is 23.8 Å². The summed E-state index contributed by atoms with van der Waals surface area (Å²) in [5.74, 6) is -1.84. The van der Waals surface area contributed by atoms with Crippen LogP contribution in [0.15, 0.2) is 36.0 Å². The van der Waals surface area contributed by atoms with Crippen LogP contribution in [0.2, 0.25) is 0 Å². The summed E-state index contributed by atoms with van der Waals surface area (Å²) in [6.45, 7) is 5.80. The van der Waals surface area contributed by atoms with E-state index in [1.54, 1.807) is 26.8 Å². The maximum Gasteiger partial charge on any atom is 0.422 e. The zero-order valence-electron chi connectivity index (χ0n) is 22.1. The number of phenolic OH excluding ortho intramolecular Hbond substituents is 1. The third-order valence-corrected chi connectivity index (χ3v) is 6.92. The fourth-order valence-corrected chi connectivity index (χ4v) is 5.17. The van der Waals surface area contributed by atoms with Crippen LogP contribution >= 0.6 is 11.3 Å². The molecule has 2 amide bonds. The van der Waals surface area contributed by atoms with Gasteiger partial charge in [0.25, 0.3) is 5.91 Å². The van der Waals surface area contributed by atoms with Crippen LogP contribution in [0.3, 0.4) is 0 Å². The molecule has 1 aromatic carbocycles. The van der Waals surface area contributed by atoms with Crippen molar-refractivity contribution in [3.63, 3.8) is 0 Å². The van der Waals surface area contributed by atoms with Crippen LogP contribution in [0.4, 0.5) is 29.3 Å². The van der Waals surface area contributed by atoms with Gasteiger partial charge in [-0.15, -0.1) is 11.3 Å². The predicted octanol–water partition coefficient (Wildman–Crippen LogP) is 5.32. The van der Waals surface area contributed by atoms with E-state index in [2.05, 4.69) is 25.8 Å². The quantitative estimate of drug-likeness (QED) is 0.335. The van der Waals surface area contributed by atoms with Crippen molar-refractivity contribution in [2.75, 3.05) is 29.9 Å². The van der Waals surface area contributed by atoms with Crippen LogP contribution in [-0.2, 0) is 10.9 Å². The van der Waals surface area contributed by atoms with Crippen molar-refractivity contribution in [1.29, 1.82) is 0 Å². The van der Waals surface area contributed by atoms with E-state index in [0.717, 1.165) is 6.07 Å². The molecule has 4 rings (SSSR count). The fourth-order valence-electron chi connectivity index (χ4n) is 4.38. The molecule has 0 bridgehead atoms. The maximum atomic E-state index is 14.2. The Bertz CT molecular complexity index is 1360. The summed E-state index contributed by atoms with van der Waals surface area (Å²) >= 11 is 1.18. The number of aromatic nitrogens is 3. The largest absolute Gasteiger partial charge is 0.507 e. The minimum absolute atomic E-state index is 0.0162. The lowest BCUT2D eigenvalue weighted by atomic mass is 9.96. The van der Waals surface area contributed by atoms with Crippen molar-refractivity contribution in [2.45, 2.75) is 45.4 Å². The highest BCUT2D eigenvalue weighted by molar-refractivity contribution is 7.13. The number of thiazole rings is 1. The number of hydrogen-bond donors (Lipinski definition) is 3. The average molecular weight is 579 g/mol. The van der Waals surface area contributed by atoms with E-state index >= 15 is 0 Å². The SMILES string of the molecule is CC(C)(C)OC(=O)NC[C@@H]1CCCN(c2c(NC(=O)c3csc(-c4ccnnc4)n3)ccc(O)c2C(F)(F)F)C1. The van der Waals surface area contributed by atoms with Crippen molar-refractivity contribution in [2.24, 2.45) is 5.92 Å². The number of nitrogens with one attached hydrogen (secondary N) is 2. The van der Waals surface area contributed by atoms with E-state index in [0.29, 0.717) is 23.4 Å². The highest BCUT2D eigenvalue weighted by Gasteiger charge is 2.40. The number of piperidine rings is 1. The van der Waals surface area contributed by atoms with Crippen LogP contribution in [-0.4, -0.2) is 57.5 Å². The van der Waals surface area contributed by atoms with E-state index in [1.807, 2.05) is 0 Å². The molecule has 0 spiro atoms. The van der Waals surface area contributed by atoms with Gasteiger partial charge in [-0.3, -0.25) is 4.79 Å². The molecule has 10 nitrogen and oxygen atoms in total. The molecule has 0 radical (unpaired) electrons. The Hall–Kier alpha value is -3.94. The third kappa shape index (κ3) is 7.17. The summed E-state index contributed by atoms with van der Waals surface area (Å²) in [6.07, 6.45) is -1.35. The number of carbonyl (C=O) groups is 2. The maximum absolute atomic E-state index is 14.2. The van der Waals surface area contributed by atoms with Crippen LogP contribution in [0.25, 0.3) is 10.6 Å². The van der Waals surface area contributed by atoms with Crippen LogP contribution < -0.4 is 15.5 Å². The number of phenols is 1. The van der Waals surface area contributed by atoms with Crippen molar-refractivity contribution >= 4 is 34.7 Å². The summed E-state index contributed by atoms with van der Waals surface area (Å²) in [4.78, 5) is 30.9. The second-order valence-corrected chi connectivity index (χ2v) is 11.2. The van der Waals surface area contributed by atoms with Gasteiger partial charge in [-0.25, -0.2) is 9.78 Å². The van der Waals surface area contributed by atoms with Crippen molar-refractivity contribution in [3.05, 3.63) is 47.2 Å². The van der Waals surface area contributed by atoms with Crippen molar-refractivity contribution in [3.8, 4) is 16.3 Å². The Morgan fingerprint density at radius 2 is 1.98 bits per heavy atom. The second kappa shape index (κ2) is 11.7. The molecule has 1 saturated heterocycles. The number of benzene rings is 1. The van der Waals surface area contributed by atoms with Gasteiger partial charge in [0, 0.05) is 30.6 Å². The van der Waals surface area contributed by atoms with E-state index in [-0.39, 0.29) is 42.6 Å². The van der Waals surface area contributed by atoms with E-state index < -0.39 is 35.1 Å². The van der Waals surface area contributed by atoms with Gasteiger partial charge in [-0.2, -0.15) is 23.4 Å². The Morgan fingerprint density at radius 1 is 1.20 bits per heavy atom. The molecule has 214 valence electrons. The number of rotatable bonds is 6. The number of carbonyl (C=O) groups excluding carboxylic acids is 2. The zero-order chi connectivity index (χ0) is 29.1. The average Bonchev–Trinajstić information content (AvgIpc) is 3.38. The molecular weight excluding hydrogens is 549 g/mol. The van der Waals surface area contributed by atoms with Crippen LogP contribution in [0, 0.1) is 5.92 Å². The van der Waals surface area contributed by atoms with Crippen molar-refractivity contribution < 1.29 is 32.6 Å². The second-order valence-electron chi connectivity index (χ2n) is 10.3. The molecule has 0 unspecified atom stereocenters. The number of alkyl halides is 3. The van der Waals surface area contributed by atoms with E-state index in [9.17, 15) is 27.9 Å². The first-order valence-corrected chi connectivity index (χ1v) is 13.4. The number of aromatic hydroxyl groups is 1. The van der Waals surface area contributed by atoms with Gasteiger partial charge in [0.15, 0.2) is 0 Å². The zero-order valence-corrected chi connectivity index (χ0v) is 22.9. The number of anilines is 2. The third-order valence-electron chi connectivity index (χ3n) is 6.02. The van der Waals surface area contributed by atoms with Gasteiger partial charge < -0.3 is 25.4 Å². The first-order valence-electron chi connectivity index (χ1n) is 12.5. The van der Waals surface area contributed by atoms with Gasteiger partial charge in [-0.05, 0) is 57.7 Å². The molecule has 0 saturated carbocycles. The molecule has 1 aliphatic rings. The summed E-state index contributed by atoms with van der Waals surface area (Å²) in [5, 5.41) is 25.0. The Balaban J connectivity index is 1.58. The van der Waals surface area contributed by atoms with Gasteiger partial charge in [-0.1, -0.05) is 0 Å². The standard InChI is InChI=1S/C26H29F3N6O4S/c1-25(2,3)39-24(38)30-11-15-5-4-10-35(13-15)21-17(6-7-19(36)20(21)26(27,28)29)33-22(37)18-14-40-23(34-18)16-8-9-31-32-12-16/h6-9,12,14-15,36H,4-5,10-11,13H2,1-3H3,(H,30,38)(H,33,37)/t15-/m0/s1. The highest BCUT2D eigenvalue weighted by atomic mass is 32.1. The smallest absolute Gasteiger partial charge is 0.422 e. The van der Waals surface area contributed by atoms with Crippen molar-refractivity contribution in [1.82, 2.24) is 20.5 Å². The first-order chi connectivity index (χ1) is 18.8.